The van der Waals surface area contributed by atoms with Crippen molar-refractivity contribution >= 4 is 11.8 Å². The van der Waals surface area contributed by atoms with Crippen LogP contribution in [0.25, 0.3) is 0 Å². The van der Waals surface area contributed by atoms with E-state index < -0.39 is 0 Å². The van der Waals surface area contributed by atoms with Crippen molar-refractivity contribution in [3.63, 3.8) is 0 Å². The van der Waals surface area contributed by atoms with Crippen molar-refractivity contribution in [2.75, 3.05) is 26.0 Å². The molecule has 0 saturated carbocycles. The van der Waals surface area contributed by atoms with Crippen LogP contribution in [0.3, 0.4) is 0 Å². The average molecular weight is 333 g/mol. The molecule has 23 heavy (non-hydrogen) atoms. The Hall–Kier alpha value is -1.37. The molecule has 0 spiro atoms. The van der Waals surface area contributed by atoms with E-state index in [1.165, 1.54) is 5.56 Å². The first kappa shape index (κ1) is 16.5. The highest BCUT2D eigenvalue weighted by atomic mass is 32.2. The van der Waals surface area contributed by atoms with E-state index in [1.807, 2.05) is 11.8 Å². The number of nitrogens with zero attached hydrogens (tertiary/aromatic N) is 3. The van der Waals surface area contributed by atoms with E-state index in [0.717, 1.165) is 18.1 Å². The zero-order chi connectivity index (χ0) is 16.1. The smallest absolute Gasteiger partial charge is 0.240 e. The minimum Gasteiger partial charge on any atom is -0.384 e. The van der Waals surface area contributed by atoms with Gasteiger partial charge >= 0.3 is 0 Å². The lowest BCUT2D eigenvalue weighted by Gasteiger charge is -2.39. The van der Waals surface area contributed by atoms with Gasteiger partial charge in [0, 0.05) is 37.1 Å². The van der Waals surface area contributed by atoms with Crippen LogP contribution in [-0.2, 0) is 17.7 Å². The fraction of sp³-hybridized carbons (Fsp3) is 0.529. The second-order valence-corrected chi connectivity index (χ2v) is 7.23. The van der Waals surface area contributed by atoms with Gasteiger partial charge in [-0.15, -0.1) is 0 Å². The Morgan fingerprint density at radius 3 is 2.96 bits per heavy atom. The highest BCUT2D eigenvalue weighted by Crippen LogP contribution is 2.36. The SMILES string of the molecule is COCCc1noc(CN2CCSC(C)C2c2ccccc2)n1. The molecular weight excluding hydrogens is 310 g/mol. The maximum atomic E-state index is 5.42. The third-order valence-electron chi connectivity index (χ3n) is 4.12. The second kappa shape index (κ2) is 7.95. The Labute approximate surface area is 141 Å². The van der Waals surface area contributed by atoms with E-state index >= 15 is 0 Å². The molecule has 2 heterocycles. The van der Waals surface area contributed by atoms with E-state index in [-0.39, 0.29) is 0 Å². The summed E-state index contributed by atoms with van der Waals surface area (Å²) in [4.78, 5) is 6.94. The molecule has 2 aromatic rings. The lowest BCUT2D eigenvalue weighted by molar-refractivity contribution is 0.167. The van der Waals surface area contributed by atoms with Crippen molar-refractivity contribution in [3.05, 3.63) is 47.6 Å². The van der Waals surface area contributed by atoms with Gasteiger partial charge < -0.3 is 9.26 Å². The molecule has 5 nitrogen and oxygen atoms in total. The van der Waals surface area contributed by atoms with Gasteiger partial charge in [-0.3, -0.25) is 4.90 Å². The molecule has 1 aromatic heterocycles. The fourth-order valence-corrected chi connectivity index (χ4v) is 4.24. The van der Waals surface area contributed by atoms with Crippen LogP contribution in [0.1, 0.15) is 30.2 Å². The zero-order valence-electron chi connectivity index (χ0n) is 13.6. The summed E-state index contributed by atoms with van der Waals surface area (Å²) in [6.07, 6.45) is 0.689. The molecule has 0 amide bonds. The highest BCUT2D eigenvalue weighted by Gasteiger charge is 2.31. The monoisotopic (exact) mass is 333 g/mol. The van der Waals surface area contributed by atoms with Crippen LogP contribution in [0, 0.1) is 0 Å². The van der Waals surface area contributed by atoms with E-state index in [0.29, 0.717) is 36.8 Å². The topological polar surface area (TPSA) is 51.4 Å². The highest BCUT2D eigenvalue weighted by molar-refractivity contribution is 8.00. The maximum Gasteiger partial charge on any atom is 0.240 e. The van der Waals surface area contributed by atoms with Gasteiger partial charge in [0.05, 0.1) is 13.2 Å². The summed E-state index contributed by atoms with van der Waals surface area (Å²) < 4.78 is 10.5. The Morgan fingerprint density at radius 1 is 1.35 bits per heavy atom. The van der Waals surface area contributed by atoms with Crippen molar-refractivity contribution in [2.45, 2.75) is 31.2 Å². The molecule has 3 rings (SSSR count). The summed E-state index contributed by atoms with van der Waals surface area (Å²) in [6, 6.07) is 11.1. The van der Waals surface area contributed by atoms with Gasteiger partial charge in [0.2, 0.25) is 5.89 Å². The second-order valence-electron chi connectivity index (χ2n) is 5.75. The summed E-state index contributed by atoms with van der Waals surface area (Å²) in [5, 5.41) is 4.58. The predicted octanol–water partition coefficient (Wildman–Crippen LogP) is 2.94. The Morgan fingerprint density at radius 2 is 2.17 bits per heavy atom. The molecule has 1 aromatic carbocycles. The fourth-order valence-electron chi connectivity index (χ4n) is 3.02. The maximum absolute atomic E-state index is 5.42. The van der Waals surface area contributed by atoms with Gasteiger partial charge in [0.1, 0.15) is 0 Å². The van der Waals surface area contributed by atoms with Crippen LogP contribution < -0.4 is 0 Å². The van der Waals surface area contributed by atoms with E-state index in [4.69, 9.17) is 9.26 Å². The average Bonchev–Trinajstić information content (AvgIpc) is 3.01. The molecule has 1 saturated heterocycles. The molecule has 2 atom stereocenters. The van der Waals surface area contributed by atoms with Gasteiger partial charge in [-0.05, 0) is 5.56 Å². The number of rotatable bonds is 6. The summed E-state index contributed by atoms with van der Waals surface area (Å²) in [6.45, 7) is 4.64. The first-order valence-electron chi connectivity index (χ1n) is 7.99. The number of aromatic nitrogens is 2. The van der Waals surface area contributed by atoms with Crippen molar-refractivity contribution in [1.82, 2.24) is 15.0 Å². The largest absolute Gasteiger partial charge is 0.384 e. The quantitative estimate of drug-likeness (QED) is 0.810. The van der Waals surface area contributed by atoms with E-state index in [2.05, 4.69) is 52.3 Å². The molecule has 0 radical (unpaired) electrons. The number of hydrogen-bond acceptors (Lipinski definition) is 6. The molecule has 1 aliphatic heterocycles. The third-order valence-corrected chi connectivity index (χ3v) is 5.32. The van der Waals surface area contributed by atoms with Gasteiger partial charge in [-0.2, -0.15) is 16.7 Å². The summed E-state index contributed by atoms with van der Waals surface area (Å²) in [7, 11) is 1.68. The van der Waals surface area contributed by atoms with Crippen molar-refractivity contribution in [2.24, 2.45) is 0 Å². The summed E-state index contributed by atoms with van der Waals surface area (Å²) >= 11 is 2.03. The molecule has 124 valence electrons. The molecule has 2 unspecified atom stereocenters. The number of methoxy groups -OCH3 is 1. The lowest BCUT2D eigenvalue weighted by Crippen LogP contribution is -2.39. The van der Waals surface area contributed by atoms with Crippen molar-refractivity contribution in [3.8, 4) is 0 Å². The molecular formula is C17H23N3O2S. The first-order chi connectivity index (χ1) is 11.3. The minimum atomic E-state index is 0.379. The standard InChI is InChI=1S/C17H23N3O2S/c1-13-17(14-6-4-3-5-7-14)20(9-11-23-13)12-16-18-15(19-22-16)8-10-21-2/h3-7,13,17H,8-12H2,1-2H3. The number of ether oxygens (including phenoxy) is 1. The normalized spacial score (nSPS) is 22.3. The van der Waals surface area contributed by atoms with E-state index in [9.17, 15) is 0 Å². The first-order valence-corrected chi connectivity index (χ1v) is 9.04. The Balaban J connectivity index is 1.72. The molecule has 6 heteroatoms. The number of thioether (sulfide) groups is 1. The van der Waals surface area contributed by atoms with E-state index in [1.54, 1.807) is 7.11 Å². The third kappa shape index (κ3) is 4.13. The summed E-state index contributed by atoms with van der Waals surface area (Å²) in [5.41, 5.74) is 1.35. The van der Waals surface area contributed by atoms with Gasteiger partial charge in [-0.1, -0.05) is 42.4 Å². The Kier molecular flexibility index (Phi) is 5.70. The molecule has 1 aliphatic rings. The van der Waals surface area contributed by atoms with Crippen LogP contribution >= 0.6 is 11.8 Å². The van der Waals surface area contributed by atoms with Crippen LogP contribution in [0.5, 0.6) is 0 Å². The molecule has 0 bridgehead atoms. The minimum absolute atomic E-state index is 0.379. The summed E-state index contributed by atoms with van der Waals surface area (Å²) in [5.74, 6) is 2.54. The Bertz CT molecular complexity index is 605. The lowest BCUT2D eigenvalue weighted by atomic mass is 10.0. The van der Waals surface area contributed by atoms with Crippen LogP contribution in [-0.4, -0.2) is 46.3 Å². The van der Waals surface area contributed by atoms with Crippen molar-refractivity contribution in [1.29, 1.82) is 0 Å². The van der Waals surface area contributed by atoms with Gasteiger partial charge in [0.25, 0.3) is 0 Å². The van der Waals surface area contributed by atoms with Crippen molar-refractivity contribution < 1.29 is 9.26 Å². The van der Waals surface area contributed by atoms with Gasteiger partial charge in [-0.25, -0.2) is 0 Å². The van der Waals surface area contributed by atoms with Crippen LogP contribution in [0.2, 0.25) is 0 Å². The zero-order valence-corrected chi connectivity index (χ0v) is 14.5. The van der Waals surface area contributed by atoms with Crippen LogP contribution in [0.4, 0.5) is 0 Å². The van der Waals surface area contributed by atoms with Gasteiger partial charge in [0.15, 0.2) is 5.82 Å². The van der Waals surface area contributed by atoms with Crippen LogP contribution in [0.15, 0.2) is 34.9 Å². The predicted molar refractivity (Wildman–Crippen MR) is 91.4 cm³/mol. The molecule has 0 aliphatic carbocycles. The number of benzene rings is 1. The molecule has 1 fully saturated rings. The molecule has 0 N–H and O–H groups in total. The number of hydrogen-bond donors (Lipinski definition) is 0.